The van der Waals surface area contributed by atoms with Gasteiger partial charge in [0, 0.05) is 0 Å². The summed E-state index contributed by atoms with van der Waals surface area (Å²) in [5, 5.41) is 9.11. The van der Waals surface area contributed by atoms with Gasteiger partial charge in [0.25, 0.3) is 0 Å². The molecule has 0 unspecified atom stereocenters. The summed E-state index contributed by atoms with van der Waals surface area (Å²) < 4.78 is 5.06. The van der Waals surface area contributed by atoms with E-state index in [0.29, 0.717) is 11.3 Å². The third kappa shape index (κ3) is 1.06. The summed E-state index contributed by atoms with van der Waals surface area (Å²) in [5.41, 5.74) is 0.250. The van der Waals surface area contributed by atoms with E-state index in [2.05, 4.69) is 4.98 Å². The van der Waals surface area contributed by atoms with Crippen molar-refractivity contribution in [2.24, 2.45) is 0 Å². The minimum absolute atomic E-state index is 0.0200. The summed E-state index contributed by atoms with van der Waals surface area (Å²) in [6.45, 7) is 3.53. The Bertz CT molecular complexity index is 384. The third-order valence-electron chi connectivity index (χ3n) is 2.01. The molecule has 0 fully saturated rings. The molecule has 2 rings (SSSR count). The van der Waals surface area contributed by atoms with Crippen LogP contribution in [0.5, 0.6) is 5.75 Å². The van der Waals surface area contributed by atoms with Gasteiger partial charge >= 0.3 is 5.97 Å². The van der Waals surface area contributed by atoms with Gasteiger partial charge in [-0.3, -0.25) is 4.98 Å². The maximum Gasteiger partial charge on any atom is 0.341 e. The van der Waals surface area contributed by atoms with Crippen molar-refractivity contribution in [3.63, 3.8) is 0 Å². The second-order valence-electron chi connectivity index (χ2n) is 3.49. The van der Waals surface area contributed by atoms with Crippen LogP contribution in [0, 0.1) is 0 Å². The van der Waals surface area contributed by atoms with E-state index in [1.165, 1.54) is 12.3 Å². The number of cyclic esters (lactones) is 1. The fourth-order valence-corrected chi connectivity index (χ4v) is 1.42. The first-order valence-corrected chi connectivity index (χ1v) is 3.93. The lowest BCUT2D eigenvalue weighted by Gasteiger charge is -2.15. The van der Waals surface area contributed by atoms with Gasteiger partial charge in [-0.1, -0.05) is 0 Å². The summed E-state index contributed by atoms with van der Waals surface area (Å²) >= 11 is 0. The molecule has 2 heterocycles. The number of esters is 1. The topological polar surface area (TPSA) is 59.4 Å². The molecule has 0 aliphatic carbocycles. The Hall–Kier alpha value is -1.58. The molecule has 4 heteroatoms. The van der Waals surface area contributed by atoms with Crippen LogP contribution in [0.15, 0.2) is 12.3 Å². The summed E-state index contributed by atoms with van der Waals surface area (Å²) in [6, 6.07) is 1.37. The van der Waals surface area contributed by atoms with Crippen molar-refractivity contribution in [2.45, 2.75) is 19.4 Å². The Balaban J connectivity index is 2.66. The first-order valence-electron chi connectivity index (χ1n) is 3.93. The van der Waals surface area contributed by atoms with Gasteiger partial charge < -0.3 is 9.84 Å². The van der Waals surface area contributed by atoms with E-state index in [1.54, 1.807) is 13.8 Å². The first kappa shape index (κ1) is 8.04. The smallest absolute Gasteiger partial charge is 0.341 e. The zero-order valence-corrected chi connectivity index (χ0v) is 7.37. The predicted molar refractivity (Wildman–Crippen MR) is 44.3 cm³/mol. The Morgan fingerprint density at radius 1 is 1.54 bits per heavy atom. The van der Waals surface area contributed by atoms with E-state index >= 15 is 0 Å². The summed E-state index contributed by atoms with van der Waals surface area (Å²) in [5.74, 6) is -0.447. The quantitative estimate of drug-likeness (QED) is 0.608. The first-order chi connectivity index (χ1) is 6.00. The number of hydrogen-bond donors (Lipinski definition) is 1. The zero-order valence-electron chi connectivity index (χ0n) is 7.37. The Morgan fingerprint density at radius 3 is 2.92 bits per heavy atom. The highest BCUT2D eigenvalue weighted by Crippen LogP contribution is 2.35. The monoisotopic (exact) mass is 179 g/mol. The molecule has 1 aliphatic heterocycles. The number of rotatable bonds is 0. The molecule has 1 aliphatic rings. The van der Waals surface area contributed by atoms with Crippen LogP contribution in [-0.4, -0.2) is 16.1 Å². The number of aromatic hydroxyl groups is 1. The largest absolute Gasteiger partial charge is 0.506 e. The van der Waals surface area contributed by atoms with E-state index in [9.17, 15) is 4.79 Å². The minimum Gasteiger partial charge on any atom is -0.506 e. The molecule has 0 atom stereocenters. The normalized spacial score (nSPS) is 18.2. The number of nitrogens with zero attached hydrogens (tertiary/aromatic N) is 1. The van der Waals surface area contributed by atoms with Crippen LogP contribution in [0.25, 0.3) is 0 Å². The van der Waals surface area contributed by atoms with Crippen LogP contribution in [-0.2, 0) is 10.3 Å². The van der Waals surface area contributed by atoms with E-state index in [1.807, 2.05) is 0 Å². The number of fused-ring (bicyclic) bond motifs is 1. The minimum atomic E-state index is -0.680. The fraction of sp³-hybridized carbons (Fsp3) is 0.333. The molecule has 0 amide bonds. The number of pyridine rings is 1. The van der Waals surface area contributed by atoms with Gasteiger partial charge in [-0.15, -0.1) is 0 Å². The van der Waals surface area contributed by atoms with Crippen LogP contribution in [0.1, 0.15) is 29.9 Å². The lowest BCUT2D eigenvalue weighted by molar-refractivity contribution is 0.00832. The lowest BCUT2D eigenvalue weighted by atomic mass is 10.0. The molecule has 0 saturated heterocycles. The van der Waals surface area contributed by atoms with Gasteiger partial charge in [0.2, 0.25) is 0 Å². The highest BCUT2D eigenvalue weighted by Gasteiger charge is 2.39. The van der Waals surface area contributed by atoms with Crippen LogP contribution in [0.2, 0.25) is 0 Å². The predicted octanol–water partition coefficient (Wildman–Crippen LogP) is 1.19. The molecule has 0 bridgehead atoms. The highest BCUT2D eigenvalue weighted by molar-refractivity contribution is 5.94. The third-order valence-corrected chi connectivity index (χ3v) is 2.01. The molecule has 4 nitrogen and oxygen atoms in total. The van der Waals surface area contributed by atoms with Gasteiger partial charge in [-0.25, -0.2) is 4.79 Å². The summed E-state index contributed by atoms with van der Waals surface area (Å²) in [7, 11) is 0. The molecule has 68 valence electrons. The number of ether oxygens (including phenoxy) is 1. The Kier molecular flexibility index (Phi) is 1.37. The molecular weight excluding hydrogens is 170 g/mol. The molecule has 0 radical (unpaired) electrons. The van der Waals surface area contributed by atoms with Gasteiger partial charge in [0.15, 0.2) is 0 Å². The zero-order chi connectivity index (χ0) is 9.64. The molecular formula is C9H9NO3. The van der Waals surface area contributed by atoms with Gasteiger partial charge in [0.05, 0.1) is 17.5 Å². The van der Waals surface area contributed by atoms with Gasteiger partial charge in [-0.2, -0.15) is 0 Å². The Morgan fingerprint density at radius 2 is 2.23 bits per heavy atom. The van der Waals surface area contributed by atoms with Crippen molar-refractivity contribution in [1.29, 1.82) is 0 Å². The number of carbonyl (C=O) groups is 1. The van der Waals surface area contributed by atoms with Crippen LogP contribution >= 0.6 is 0 Å². The molecule has 13 heavy (non-hydrogen) atoms. The standard InChI is InChI=1S/C9H9NO3/c1-9(2)7-6(8(12)13-9)3-5(11)4-10-7/h3-4,11H,1-2H3. The Labute approximate surface area is 75.2 Å². The number of carbonyl (C=O) groups excluding carboxylic acids is 1. The molecule has 0 saturated carbocycles. The molecule has 0 aromatic carbocycles. The van der Waals surface area contributed by atoms with Crippen LogP contribution < -0.4 is 0 Å². The second-order valence-corrected chi connectivity index (χ2v) is 3.49. The van der Waals surface area contributed by atoms with Crippen molar-refractivity contribution in [3.8, 4) is 5.75 Å². The van der Waals surface area contributed by atoms with Crippen LogP contribution in [0.3, 0.4) is 0 Å². The highest BCUT2D eigenvalue weighted by atomic mass is 16.6. The van der Waals surface area contributed by atoms with Gasteiger partial charge in [-0.05, 0) is 19.9 Å². The van der Waals surface area contributed by atoms with Crippen molar-refractivity contribution >= 4 is 5.97 Å². The average molecular weight is 179 g/mol. The molecule has 1 N–H and O–H groups in total. The SMILES string of the molecule is CC1(C)OC(=O)c2cc(O)cnc21. The van der Waals surface area contributed by atoms with Crippen LogP contribution in [0.4, 0.5) is 0 Å². The van der Waals surface area contributed by atoms with Gasteiger partial charge in [0.1, 0.15) is 11.4 Å². The van der Waals surface area contributed by atoms with E-state index < -0.39 is 11.6 Å². The number of aromatic nitrogens is 1. The average Bonchev–Trinajstić information content (AvgIpc) is 2.22. The number of hydrogen-bond acceptors (Lipinski definition) is 4. The molecule has 1 aromatic heterocycles. The second kappa shape index (κ2) is 2.22. The summed E-state index contributed by atoms with van der Waals surface area (Å²) in [4.78, 5) is 15.2. The fourth-order valence-electron chi connectivity index (χ4n) is 1.42. The van der Waals surface area contributed by atoms with Crippen molar-refractivity contribution < 1.29 is 14.6 Å². The van der Waals surface area contributed by atoms with E-state index in [0.717, 1.165) is 0 Å². The van der Waals surface area contributed by atoms with E-state index in [4.69, 9.17) is 9.84 Å². The maximum atomic E-state index is 11.3. The molecule has 1 aromatic rings. The van der Waals surface area contributed by atoms with Crippen molar-refractivity contribution in [3.05, 3.63) is 23.5 Å². The summed E-state index contributed by atoms with van der Waals surface area (Å²) in [6.07, 6.45) is 1.31. The van der Waals surface area contributed by atoms with Crippen molar-refractivity contribution in [2.75, 3.05) is 0 Å². The van der Waals surface area contributed by atoms with Crippen molar-refractivity contribution in [1.82, 2.24) is 4.98 Å². The maximum absolute atomic E-state index is 11.3. The van der Waals surface area contributed by atoms with E-state index in [-0.39, 0.29) is 5.75 Å². The lowest BCUT2D eigenvalue weighted by Crippen LogP contribution is -2.17. The molecule has 0 spiro atoms.